The smallest absolute Gasteiger partial charge is 0.227 e. The molecule has 0 radical (unpaired) electrons. The second-order valence-corrected chi connectivity index (χ2v) is 7.29. The van der Waals surface area contributed by atoms with Gasteiger partial charge in [0.25, 0.3) is 0 Å². The van der Waals surface area contributed by atoms with Crippen LogP contribution in [0.15, 0.2) is 22.7 Å². The molecule has 1 aromatic rings. The zero-order chi connectivity index (χ0) is 14.9. The van der Waals surface area contributed by atoms with E-state index >= 15 is 0 Å². The minimum Gasteiger partial charge on any atom is -0.312 e. The van der Waals surface area contributed by atoms with E-state index in [4.69, 9.17) is 10.4 Å². The maximum atomic E-state index is 12.0. The first-order chi connectivity index (χ1) is 9.28. The van der Waals surface area contributed by atoms with Gasteiger partial charge in [0.05, 0.1) is 17.4 Å². The molecule has 1 saturated heterocycles. The number of hydrogen-bond donors (Lipinski definition) is 1. The number of amides is 1. The zero-order valence-electron chi connectivity index (χ0n) is 10.4. The average Bonchev–Trinajstić information content (AvgIpc) is 2.66. The Kier molecular flexibility index (Phi) is 4.13. The zero-order valence-corrected chi connectivity index (χ0v) is 12.8. The fourth-order valence-electron chi connectivity index (χ4n) is 2.27. The van der Waals surface area contributed by atoms with Crippen LogP contribution in [-0.4, -0.2) is 26.6 Å². The van der Waals surface area contributed by atoms with E-state index in [0.717, 1.165) is 0 Å². The minimum atomic E-state index is -3.60. The third kappa shape index (κ3) is 3.56. The lowest BCUT2D eigenvalue weighted by Crippen LogP contribution is -2.27. The third-order valence-electron chi connectivity index (χ3n) is 3.00. The van der Waals surface area contributed by atoms with Gasteiger partial charge in [0.1, 0.15) is 0 Å². The summed E-state index contributed by atoms with van der Waals surface area (Å²) in [6.07, 6.45) is 0.144. The van der Waals surface area contributed by atoms with Crippen LogP contribution in [0.25, 0.3) is 0 Å². The van der Waals surface area contributed by atoms with Crippen LogP contribution in [0.1, 0.15) is 12.0 Å². The van der Waals surface area contributed by atoms with Gasteiger partial charge >= 0.3 is 0 Å². The fraction of sp³-hybridized carbons (Fsp3) is 0.333. The molecule has 1 atom stereocenters. The van der Waals surface area contributed by atoms with Crippen molar-refractivity contribution in [2.75, 3.05) is 17.2 Å². The number of nitrogens with zero attached hydrogens (tertiary/aromatic N) is 2. The van der Waals surface area contributed by atoms with Crippen LogP contribution in [0, 0.1) is 17.2 Å². The molecule has 1 aromatic carbocycles. The topological polar surface area (TPSA) is 104 Å². The molecule has 1 aliphatic rings. The highest BCUT2D eigenvalue weighted by molar-refractivity contribution is 9.10. The van der Waals surface area contributed by atoms with Gasteiger partial charge in [-0.1, -0.05) is 15.9 Å². The molecule has 1 amide bonds. The van der Waals surface area contributed by atoms with E-state index < -0.39 is 10.0 Å². The number of halogens is 1. The summed E-state index contributed by atoms with van der Waals surface area (Å²) >= 11 is 3.28. The number of nitrogens with two attached hydrogens (primary N) is 1. The molecule has 0 aliphatic carbocycles. The number of carbonyl (C=O) groups excluding carboxylic acids is 1. The van der Waals surface area contributed by atoms with E-state index in [9.17, 15) is 13.2 Å². The van der Waals surface area contributed by atoms with Crippen molar-refractivity contribution in [2.45, 2.75) is 6.42 Å². The van der Waals surface area contributed by atoms with Crippen molar-refractivity contribution in [1.82, 2.24) is 0 Å². The summed E-state index contributed by atoms with van der Waals surface area (Å²) in [5.74, 6) is -0.698. The lowest BCUT2D eigenvalue weighted by atomic mass is 10.1. The van der Waals surface area contributed by atoms with E-state index in [0.29, 0.717) is 15.7 Å². The molecule has 1 fully saturated rings. The van der Waals surface area contributed by atoms with Crippen molar-refractivity contribution in [3.8, 4) is 6.07 Å². The van der Waals surface area contributed by atoms with E-state index in [1.54, 1.807) is 18.2 Å². The number of nitriles is 1. The number of hydrogen-bond acceptors (Lipinski definition) is 4. The molecular formula is C12H12BrN3O3S. The quantitative estimate of drug-likeness (QED) is 0.869. The molecule has 0 bridgehead atoms. The molecule has 1 heterocycles. The van der Waals surface area contributed by atoms with Gasteiger partial charge in [-0.3, -0.25) is 4.79 Å². The van der Waals surface area contributed by atoms with Crippen molar-refractivity contribution in [1.29, 1.82) is 5.26 Å². The van der Waals surface area contributed by atoms with Crippen molar-refractivity contribution in [2.24, 2.45) is 11.1 Å². The van der Waals surface area contributed by atoms with E-state index in [2.05, 4.69) is 15.9 Å². The maximum Gasteiger partial charge on any atom is 0.227 e. The van der Waals surface area contributed by atoms with Crippen LogP contribution >= 0.6 is 15.9 Å². The molecule has 0 aromatic heterocycles. The highest BCUT2D eigenvalue weighted by Gasteiger charge is 2.33. The van der Waals surface area contributed by atoms with Crippen LogP contribution in [0.3, 0.4) is 0 Å². The third-order valence-corrected chi connectivity index (χ3v) is 4.39. The Hall–Kier alpha value is -1.43. The van der Waals surface area contributed by atoms with Gasteiger partial charge in [-0.25, -0.2) is 13.6 Å². The predicted molar refractivity (Wildman–Crippen MR) is 77.3 cm³/mol. The average molecular weight is 358 g/mol. The van der Waals surface area contributed by atoms with Crippen LogP contribution in [0.5, 0.6) is 0 Å². The van der Waals surface area contributed by atoms with Gasteiger partial charge in [-0.2, -0.15) is 5.26 Å². The van der Waals surface area contributed by atoms with Crippen molar-refractivity contribution >= 4 is 37.5 Å². The summed E-state index contributed by atoms with van der Waals surface area (Å²) in [5.41, 5.74) is 1.01. The van der Waals surface area contributed by atoms with Crippen LogP contribution in [0.4, 0.5) is 5.69 Å². The highest BCUT2D eigenvalue weighted by atomic mass is 79.9. The number of benzene rings is 1. The molecule has 1 unspecified atom stereocenters. The Morgan fingerprint density at radius 1 is 1.45 bits per heavy atom. The predicted octanol–water partition coefficient (Wildman–Crippen LogP) is 0.962. The Balaban J connectivity index is 2.24. The summed E-state index contributed by atoms with van der Waals surface area (Å²) in [6, 6.07) is 6.98. The van der Waals surface area contributed by atoms with Crippen molar-refractivity contribution < 1.29 is 13.2 Å². The van der Waals surface area contributed by atoms with Gasteiger partial charge in [0.2, 0.25) is 15.9 Å². The van der Waals surface area contributed by atoms with Crippen molar-refractivity contribution in [3.63, 3.8) is 0 Å². The molecule has 2 rings (SSSR count). The molecule has 1 aliphatic heterocycles. The van der Waals surface area contributed by atoms with E-state index in [1.807, 2.05) is 6.07 Å². The summed E-state index contributed by atoms with van der Waals surface area (Å²) in [5, 5.41) is 13.9. The first kappa shape index (κ1) is 15.0. The molecule has 8 heteroatoms. The van der Waals surface area contributed by atoms with Gasteiger partial charge < -0.3 is 4.90 Å². The lowest BCUT2D eigenvalue weighted by Gasteiger charge is -2.17. The molecule has 6 nitrogen and oxygen atoms in total. The Bertz CT molecular complexity index is 696. The van der Waals surface area contributed by atoms with Crippen LogP contribution in [-0.2, 0) is 14.8 Å². The normalized spacial score (nSPS) is 19.1. The minimum absolute atomic E-state index is 0.144. The van der Waals surface area contributed by atoms with Gasteiger partial charge in [-0.05, 0) is 18.2 Å². The number of anilines is 1. The SMILES string of the molecule is N#Cc1cc(Br)cc(N2CC(CS(N)(=O)=O)CC2=O)c1. The Labute approximate surface area is 125 Å². The molecule has 106 valence electrons. The molecule has 0 saturated carbocycles. The first-order valence-corrected chi connectivity index (χ1v) is 8.31. The maximum absolute atomic E-state index is 12.0. The second kappa shape index (κ2) is 5.52. The van der Waals surface area contributed by atoms with Crippen molar-refractivity contribution in [3.05, 3.63) is 28.2 Å². The van der Waals surface area contributed by atoms with Gasteiger partial charge in [0, 0.05) is 29.0 Å². The highest BCUT2D eigenvalue weighted by Crippen LogP contribution is 2.29. The molecular weight excluding hydrogens is 346 g/mol. The van der Waals surface area contributed by atoms with Gasteiger partial charge in [0.15, 0.2) is 0 Å². The van der Waals surface area contributed by atoms with Gasteiger partial charge in [-0.15, -0.1) is 0 Å². The van der Waals surface area contributed by atoms with E-state index in [1.165, 1.54) is 4.90 Å². The number of primary sulfonamides is 1. The lowest BCUT2D eigenvalue weighted by molar-refractivity contribution is -0.117. The first-order valence-electron chi connectivity index (χ1n) is 5.80. The monoisotopic (exact) mass is 357 g/mol. The summed E-state index contributed by atoms with van der Waals surface area (Å²) in [7, 11) is -3.60. The summed E-state index contributed by atoms with van der Waals surface area (Å²) < 4.78 is 22.9. The number of sulfonamides is 1. The summed E-state index contributed by atoms with van der Waals surface area (Å²) in [4.78, 5) is 13.5. The van der Waals surface area contributed by atoms with Crippen LogP contribution < -0.4 is 10.0 Å². The Morgan fingerprint density at radius 3 is 2.75 bits per heavy atom. The summed E-state index contributed by atoms with van der Waals surface area (Å²) in [6.45, 7) is 0.288. The standard InChI is InChI=1S/C12H12BrN3O3S/c13-10-1-8(5-14)2-11(4-10)16-6-9(3-12(16)17)7-20(15,18)19/h1-2,4,9H,3,6-7H2,(H2,15,18,19). The number of carbonyl (C=O) groups is 1. The molecule has 0 spiro atoms. The molecule has 20 heavy (non-hydrogen) atoms. The Morgan fingerprint density at radius 2 is 2.15 bits per heavy atom. The fourth-order valence-corrected chi connectivity index (χ4v) is 3.63. The van der Waals surface area contributed by atoms with Crippen LogP contribution in [0.2, 0.25) is 0 Å². The van der Waals surface area contributed by atoms with E-state index in [-0.39, 0.29) is 30.5 Å². The number of rotatable bonds is 3. The molecule has 2 N–H and O–H groups in total. The second-order valence-electron chi connectivity index (χ2n) is 4.71. The largest absolute Gasteiger partial charge is 0.312 e.